The molecule has 0 bridgehead atoms. The van der Waals surface area contributed by atoms with Gasteiger partial charge in [-0.2, -0.15) is 0 Å². The number of likely N-dealkylation sites (N-methyl/N-ethyl adjacent to an activating group) is 2. The fraction of sp³-hybridized carbons (Fsp3) is 0.846. The zero-order valence-corrected chi connectivity index (χ0v) is 12.5. The van der Waals surface area contributed by atoms with Gasteiger partial charge >= 0.3 is 12.0 Å². The van der Waals surface area contributed by atoms with Crippen molar-refractivity contribution in [1.29, 1.82) is 0 Å². The second kappa shape index (κ2) is 5.77. The lowest BCUT2D eigenvalue weighted by atomic mass is 10.0. The number of carbonyl (C=O) groups is 2. The molecule has 0 aromatic carbocycles. The average molecular weight is 271 g/mol. The van der Waals surface area contributed by atoms with Crippen LogP contribution in [0.4, 0.5) is 4.79 Å². The van der Waals surface area contributed by atoms with Crippen LogP contribution in [0.15, 0.2) is 0 Å². The lowest BCUT2D eigenvalue weighted by Crippen LogP contribution is -2.58. The van der Waals surface area contributed by atoms with Gasteiger partial charge in [-0.1, -0.05) is 0 Å². The molecule has 6 nitrogen and oxygen atoms in total. The van der Waals surface area contributed by atoms with Crippen molar-refractivity contribution < 1.29 is 14.7 Å². The van der Waals surface area contributed by atoms with Crippen LogP contribution in [0.1, 0.15) is 26.7 Å². The highest BCUT2D eigenvalue weighted by Crippen LogP contribution is 2.19. The monoisotopic (exact) mass is 271 g/mol. The fourth-order valence-electron chi connectivity index (χ4n) is 2.14. The Morgan fingerprint density at radius 3 is 2.32 bits per heavy atom. The molecule has 0 aliphatic carbocycles. The number of amides is 2. The lowest BCUT2D eigenvalue weighted by molar-refractivity contribution is -0.147. The molecule has 0 aromatic rings. The topological polar surface area (TPSA) is 64.1 Å². The minimum absolute atomic E-state index is 0.209. The van der Waals surface area contributed by atoms with Gasteiger partial charge in [0.05, 0.1) is 0 Å². The number of nitrogens with zero attached hydrogens (tertiary/aromatic N) is 3. The van der Waals surface area contributed by atoms with E-state index in [9.17, 15) is 14.7 Å². The first kappa shape index (κ1) is 15.8. The molecule has 1 rings (SSSR count). The van der Waals surface area contributed by atoms with Crippen molar-refractivity contribution in [1.82, 2.24) is 14.7 Å². The van der Waals surface area contributed by atoms with Crippen LogP contribution in [0, 0.1) is 0 Å². The lowest BCUT2D eigenvalue weighted by Gasteiger charge is -2.41. The number of piperidine rings is 1. The van der Waals surface area contributed by atoms with E-state index >= 15 is 0 Å². The van der Waals surface area contributed by atoms with Crippen LogP contribution in [0.25, 0.3) is 0 Å². The first-order valence-electron chi connectivity index (χ1n) is 6.60. The molecule has 2 amide bonds. The van der Waals surface area contributed by atoms with Gasteiger partial charge < -0.3 is 19.8 Å². The van der Waals surface area contributed by atoms with Crippen LogP contribution in [0.5, 0.6) is 0 Å². The van der Waals surface area contributed by atoms with Crippen molar-refractivity contribution in [3.63, 3.8) is 0 Å². The van der Waals surface area contributed by atoms with E-state index in [1.807, 2.05) is 14.1 Å². The van der Waals surface area contributed by atoms with Crippen LogP contribution in [0.3, 0.4) is 0 Å². The Labute approximate surface area is 115 Å². The number of urea groups is 1. The van der Waals surface area contributed by atoms with Gasteiger partial charge in [-0.25, -0.2) is 9.59 Å². The number of carbonyl (C=O) groups excluding carboxylic acids is 1. The van der Waals surface area contributed by atoms with Crippen molar-refractivity contribution in [3.05, 3.63) is 0 Å². The van der Waals surface area contributed by atoms with Gasteiger partial charge in [0.2, 0.25) is 0 Å². The van der Waals surface area contributed by atoms with Gasteiger partial charge in [0.15, 0.2) is 0 Å². The highest BCUT2D eigenvalue weighted by atomic mass is 16.4. The molecule has 1 aliphatic rings. The Morgan fingerprint density at radius 2 is 1.84 bits per heavy atom. The number of rotatable bonds is 3. The molecule has 0 radical (unpaired) electrons. The summed E-state index contributed by atoms with van der Waals surface area (Å²) in [6, 6.07) is 0.137. The molecule has 1 saturated heterocycles. The smallest absolute Gasteiger partial charge is 0.329 e. The minimum Gasteiger partial charge on any atom is -0.480 e. The maximum atomic E-state index is 12.4. The van der Waals surface area contributed by atoms with Crippen molar-refractivity contribution >= 4 is 12.0 Å². The van der Waals surface area contributed by atoms with Gasteiger partial charge in [-0.3, -0.25) is 0 Å². The summed E-state index contributed by atoms with van der Waals surface area (Å²) in [5.41, 5.74) is -1.19. The van der Waals surface area contributed by atoms with E-state index in [1.165, 1.54) is 4.90 Å². The summed E-state index contributed by atoms with van der Waals surface area (Å²) in [6.45, 7) is 4.44. The zero-order chi connectivity index (χ0) is 14.8. The molecule has 0 spiro atoms. The molecule has 0 saturated carbocycles. The van der Waals surface area contributed by atoms with Gasteiger partial charge in [-0.15, -0.1) is 0 Å². The summed E-state index contributed by atoms with van der Waals surface area (Å²) >= 11 is 0. The van der Waals surface area contributed by atoms with E-state index in [0.29, 0.717) is 19.1 Å². The van der Waals surface area contributed by atoms with E-state index in [0.717, 1.165) is 12.8 Å². The first-order valence-corrected chi connectivity index (χ1v) is 6.60. The molecule has 1 heterocycles. The van der Waals surface area contributed by atoms with Crippen LogP contribution >= 0.6 is 0 Å². The summed E-state index contributed by atoms with van der Waals surface area (Å²) in [5.74, 6) is -0.996. The molecule has 110 valence electrons. The molecule has 19 heavy (non-hydrogen) atoms. The maximum Gasteiger partial charge on any atom is 0.329 e. The van der Waals surface area contributed by atoms with Crippen molar-refractivity contribution in [3.8, 4) is 0 Å². The standard InChI is InChI=1S/C13H25N3O3/c1-13(2,11(17)18)15(5)12(19)16-8-6-7-10(9-16)14(3)4/h10H,6-9H2,1-5H3,(H,17,18). The third kappa shape index (κ3) is 3.37. The van der Waals surface area contributed by atoms with Crippen molar-refractivity contribution in [2.24, 2.45) is 0 Å². The van der Waals surface area contributed by atoms with Crippen LogP contribution < -0.4 is 0 Å². The second-order valence-corrected chi connectivity index (χ2v) is 5.91. The largest absolute Gasteiger partial charge is 0.480 e. The highest BCUT2D eigenvalue weighted by Gasteiger charge is 2.38. The number of carboxylic acids is 1. The molecule has 1 unspecified atom stereocenters. The summed E-state index contributed by atoms with van der Waals surface area (Å²) < 4.78 is 0. The maximum absolute atomic E-state index is 12.4. The fourth-order valence-corrected chi connectivity index (χ4v) is 2.14. The third-order valence-corrected chi connectivity index (χ3v) is 4.05. The Morgan fingerprint density at radius 1 is 1.26 bits per heavy atom. The zero-order valence-electron chi connectivity index (χ0n) is 12.5. The van der Waals surface area contributed by atoms with Gasteiger partial charge in [0.25, 0.3) is 0 Å². The molecular weight excluding hydrogens is 246 g/mol. The number of aliphatic carboxylic acids is 1. The van der Waals surface area contributed by atoms with Crippen LogP contribution in [-0.2, 0) is 4.79 Å². The third-order valence-electron chi connectivity index (χ3n) is 4.05. The van der Waals surface area contributed by atoms with Gasteiger partial charge in [-0.05, 0) is 40.8 Å². The Kier molecular flexibility index (Phi) is 4.79. The summed E-state index contributed by atoms with van der Waals surface area (Å²) in [4.78, 5) is 28.8. The first-order chi connectivity index (χ1) is 8.67. The van der Waals surface area contributed by atoms with E-state index < -0.39 is 11.5 Å². The molecule has 1 atom stereocenters. The van der Waals surface area contributed by atoms with Gasteiger partial charge in [0.1, 0.15) is 5.54 Å². The molecule has 6 heteroatoms. The number of hydrogen-bond donors (Lipinski definition) is 1. The Balaban J connectivity index is 2.74. The molecule has 1 N–H and O–H groups in total. The predicted molar refractivity (Wildman–Crippen MR) is 73.2 cm³/mol. The Bertz CT molecular complexity index is 355. The summed E-state index contributed by atoms with van der Waals surface area (Å²) in [5, 5.41) is 9.18. The number of carboxylic acid groups (broad SMARTS) is 1. The Hall–Kier alpha value is -1.30. The molecule has 1 fully saturated rings. The quantitative estimate of drug-likeness (QED) is 0.829. The van der Waals surface area contributed by atoms with Crippen molar-refractivity contribution in [2.45, 2.75) is 38.3 Å². The summed E-state index contributed by atoms with van der Waals surface area (Å²) in [7, 11) is 5.56. The SMILES string of the molecule is CN(C)C1CCCN(C(=O)N(C)C(C)(C)C(=O)O)C1. The average Bonchev–Trinajstić information content (AvgIpc) is 2.36. The highest BCUT2D eigenvalue weighted by molar-refractivity contribution is 5.85. The molecule has 0 aromatic heterocycles. The summed E-state index contributed by atoms with van der Waals surface area (Å²) in [6.07, 6.45) is 2.03. The van der Waals surface area contributed by atoms with Gasteiger partial charge in [0, 0.05) is 26.2 Å². The number of likely N-dealkylation sites (tertiary alicyclic amines) is 1. The second-order valence-electron chi connectivity index (χ2n) is 5.91. The van der Waals surface area contributed by atoms with Crippen molar-refractivity contribution in [2.75, 3.05) is 34.2 Å². The van der Waals surface area contributed by atoms with E-state index in [4.69, 9.17) is 0 Å². The normalized spacial score (nSPS) is 20.5. The van der Waals surface area contributed by atoms with E-state index in [2.05, 4.69) is 4.90 Å². The minimum atomic E-state index is -1.19. The number of hydrogen-bond acceptors (Lipinski definition) is 3. The van der Waals surface area contributed by atoms with Crippen LogP contribution in [0.2, 0.25) is 0 Å². The van der Waals surface area contributed by atoms with Crippen LogP contribution in [-0.4, -0.2) is 77.6 Å². The molecule has 1 aliphatic heterocycles. The van der Waals surface area contributed by atoms with E-state index in [1.54, 1.807) is 25.8 Å². The van der Waals surface area contributed by atoms with E-state index in [-0.39, 0.29) is 6.03 Å². The molecular formula is C13H25N3O3. The predicted octanol–water partition coefficient (Wildman–Crippen LogP) is 0.927.